The fourth-order valence-corrected chi connectivity index (χ4v) is 2.91. The lowest BCUT2D eigenvalue weighted by Gasteiger charge is -2.17. The maximum Gasteiger partial charge on any atom is 0.243 e. The van der Waals surface area contributed by atoms with Crippen molar-refractivity contribution in [2.75, 3.05) is 26.7 Å². The summed E-state index contributed by atoms with van der Waals surface area (Å²) in [5, 5.41) is 11.1. The van der Waals surface area contributed by atoms with Crippen LogP contribution >= 0.6 is 0 Å². The first-order valence-corrected chi connectivity index (χ1v) is 9.96. The Balaban J connectivity index is 1.85. The number of para-hydroxylation sites is 1. The largest absolute Gasteiger partial charge is 0.380 e. The number of amides is 4. The number of fused-ring (bicyclic) bond motifs is 1. The zero-order chi connectivity index (χ0) is 22.8. The van der Waals surface area contributed by atoms with Gasteiger partial charge in [-0.3, -0.25) is 19.2 Å². The van der Waals surface area contributed by atoms with E-state index in [2.05, 4.69) is 26.3 Å². The molecular weight excluding hydrogens is 402 g/mol. The molecule has 0 aliphatic rings. The maximum atomic E-state index is 12.6. The van der Waals surface area contributed by atoms with E-state index in [0.717, 1.165) is 16.5 Å². The Morgan fingerprint density at radius 1 is 1.03 bits per heavy atom. The molecule has 0 bridgehead atoms. The second-order valence-corrected chi connectivity index (χ2v) is 7.16. The zero-order valence-corrected chi connectivity index (χ0v) is 17.9. The summed E-state index contributed by atoms with van der Waals surface area (Å²) >= 11 is 0. The second kappa shape index (κ2) is 11.7. The number of carbonyl (C=O) groups excluding carboxylic acids is 4. The van der Waals surface area contributed by atoms with Crippen LogP contribution < -0.4 is 21.3 Å². The van der Waals surface area contributed by atoms with E-state index in [1.807, 2.05) is 24.3 Å². The van der Waals surface area contributed by atoms with Crippen LogP contribution in [0.15, 0.2) is 30.5 Å². The molecule has 1 aromatic heterocycles. The van der Waals surface area contributed by atoms with Gasteiger partial charge in [0.15, 0.2) is 0 Å². The minimum Gasteiger partial charge on any atom is -0.380 e. The van der Waals surface area contributed by atoms with Gasteiger partial charge in [-0.15, -0.1) is 0 Å². The molecule has 0 saturated carbocycles. The number of carbonyl (C=O) groups is 4. The van der Waals surface area contributed by atoms with Gasteiger partial charge in [0.1, 0.15) is 6.04 Å². The fraction of sp³-hybridized carbons (Fsp3) is 0.429. The van der Waals surface area contributed by atoms with Crippen LogP contribution in [0, 0.1) is 0 Å². The highest BCUT2D eigenvalue weighted by Crippen LogP contribution is 2.19. The molecule has 2 rings (SSSR count). The van der Waals surface area contributed by atoms with E-state index >= 15 is 0 Å². The maximum absolute atomic E-state index is 12.6. The van der Waals surface area contributed by atoms with Crippen molar-refractivity contribution in [1.29, 1.82) is 0 Å². The van der Waals surface area contributed by atoms with Crippen LogP contribution in [0.2, 0.25) is 0 Å². The molecule has 0 unspecified atom stereocenters. The van der Waals surface area contributed by atoms with E-state index in [4.69, 9.17) is 4.74 Å². The second-order valence-electron chi connectivity index (χ2n) is 7.16. The molecule has 1 heterocycles. The van der Waals surface area contributed by atoms with Gasteiger partial charge in [0, 0.05) is 44.1 Å². The molecule has 1 aromatic carbocycles. The van der Waals surface area contributed by atoms with E-state index in [-0.39, 0.29) is 37.4 Å². The van der Waals surface area contributed by atoms with Crippen molar-refractivity contribution in [3.8, 4) is 0 Å². The molecule has 2 aromatic rings. The highest BCUT2D eigenvalue weighted by atomic mass is 16.5. The molecule has 0 fully saturated rings. The van der Waals surface area contributed by atoms with Crippen LogP contribution in [-0.4, -0.2) is 67.5 Å². The smallest absolute Gasteiger partial charge is 0.243 e. The number of hydrogen-bond donors (Lipinski definition) is 5. The first-order chi connectivity index (χ1) is 14.8. The van der Waals surface area contributed by atoms with Gasteiger partial charge in [-0.2, -0.15) is 0 Å². The number of methoxy groups -OCH3 is 1. The topological polar surface area (TPSA) is 141 Å². The van der Waals surface area contributed by atoms with Gasteiger partial charge in [-0.05, 0) is 18.6 Å². The minimum atomic E-state index is -0.844. The summed E-state index contributed by atoms with van der Waals surface area (Å²) in [4.78, 5) is 50.9. The molecule has 168 valence electrons. The summed E-state index contributed by atoms with van der Waals surface area (Å²) < 4.78 is 5.02. The van der Waals surface area contributed by atoms with Gasteiger partial charge in [0.25, 0.3) is 0 Å². The molecule has 10 nitrogen and oxygen atoms in total. The van der Waals surface area contributed by atoms with Crippen molar-refractivity contribution < 1.29 is 23.9 Å². The molecule has 10 heteroatoms. The molecule has 4 amide bonds. The Bertz CT molecular complexity index is 926. The Hall–Kier alpha value is -3.40. The van der Waals surface area contributed by atoms with Crippen molar-refractivity contribution >= 4 is 34.5 Å². The summed E-state index contributed by atoms with van der Waals surface area (Å²) in [6.07, 6.45) is 1.92. The number of H-pyrrole nitrogens is 1. The van der Waals surface area contributed by atoms with Gasteiger partial charge < -0.3 is 31.0 Å². The van der Waals surface area contributed by atoms with Crippen LogP contribution in [0.3, 0.4) is 0 Å². The summed E-state index contributed by atoms with van der Waals surface area (Å²) in [6.45, 7) is 2.93. The monoisotopic (exact) mass is 431 g/mol. The number of aromatic amines is 1. The lowest BCUT2D eigenvalue weighted by molar-refractivity contribution is -0.130. The molecule has 0 radical (unpaired) electrons. The van der Waals surface area contributed by atoms with E-state index < -0.39 is 17.9 Å². The zero-order valence-electron chi connectivity index (χ0n) is 17.9. The predicted octanol–water partition coefficient (Wildman–Crippen LogP) is -0.401. The van der Waals surface area contributed by atoms with E-state index in [1.165, 1.54) is 14.0 Å². The number of ether oxygens (including phenoxy) is 1. The standard InChI is InChI=1S/C21H29N5O5/c1-13(31-3)9-23-19(28)11-24-20(29)12-25-21(30)18(26-14(2)27)8-15-10-22-17-7-5-4-6-16(15)17/h4-7,10,13,18,22H,8-9,11-12H2,1-3H3,(H,23,28)(H,24,29)(H,25,30)(H,26,27)/t13-,18+/m1/s1. The summed E-state index contributed by atoms with van der Waals surface area (Å²) in [5.74, 6) is -1.73. The number of rotatable bonds is 11. The number of nitrogens with one attached hydrogen (secondary N) is 5. The third-order valence-electron chi connectivity index (χ3n) is 4.65. The predicted molar refractivity (Wildman–Crippen MR) is 115 cm³/mol. The fourth-order valence-electron chi connectivity index (χ4n) is 2.91. The average Bonchev–Trinajstić information content (AvgIpc) is 3.16. The third-order valence-corrected chi connectivity index (χ3v) is 4.65. The van der Waals surface area contributed by atoms with Crippen molar-refractivity contribution in [3.63, 3.8) is 0 Å². The van der Waals surface area contributed by atoms with E-state index in [9.17, 15) is 19.2 Å². The highest BCUT2D eigenvalue weighted by molar-refractivity contribution is 5.92. The molecular formula is C21H29N5O5. The molecule has 5 N–H and O–H groups in total. The minimum absolute atomic E-state index is 0.137. The molecule has 0 spiro atoms. The van der Waals surface area contributed by atoms with Gasteiger partial charge >= 0.3 is 0 Å². The van der Waals surface area contributed by atoms with Gasteiger partial charge in [0.05, 0.1) is 19.2 Å². The van der Waals surface area contributed by atoms with Crippen LogP contribution in [0.25, 0.3) is 10.9 Å². The quantitative estimate of drug-likeness (QED) is 0.329. The van der Waals surface area contributed by atoms with E-state index in [0.29, 0.717) is 6.54 Å². The van der Waals surface area contributed by atoms with Crippen molar-refractivity contribution in [1.82, 2.24) is 26.3 Å². The summed E-state index contributed by atoms with van der Waals surface area (Å²) in [5.41, 5.74) is 1.80. The van der Waals surface area contributed by atoms with Crippen LogP contribution in [0.1, 0.15) is 19.4 Å². The molecule has 0 saturated heterocycles. The number of hydrogen-bond acceptors (Lipinski definition) is 5. The van der Waals surface area contributed by atoms with Gasteiger partial charge in [-0.1, -0.05) is 18.2 Å². The molecule has 31 heavy (non-hydrogen) atoms. The lowest BCUT2D eigenvalue weighted by Crippen LogP contribution is -2.50. The normalized spacial score (nSPS) is 12.6. The average molecular weight is 431 g/mol. The van der Waals surface area contributed by atoms with Crippen molar-refractivity contribution in [2.24, 2.45) is 0 Å². The SMILES string of the molecule is CO[C@H](C)CNC(=O)CNC(=O)CNC(=O)[C@H](Cc1c[nH]c2ccccc12)NC(C)=O. The Morgan fingerprint density at radius 2 is 1.71 bits per heavy atom. The van der Waals surface area contributed by atoms with Crippen molar-refractivity contribution in [3.05, 3.63) is 36.0 Å². The summed E-state index contributed by atoms with van der Waals surface area (Å²) in [7, 11) is 1.54. The highest BCUT2D eigenvalue weighted by Gasteiger charge is 2.22. The Morgan fingerprint density at radius 3 is 2.42 bits per heavy atom. The van der Waals surface area contributed by atoms with Crippen LogP contribution in [-0.2, 0) is 30.3 Å². The van der Waals surface area contributed by atoms with E-state index in [1.54, 1.807) is 13.1 Å². The van der Waals surface area contributed by atoms with Gasteiger partial charge in [-0.25, -0.2) is 0 Å². The first kappa shape index (κ1) is 23.9. The third kappa shape index (κ3) is 7.74. The van der Waals surface area contributed by atoms with Crippen molar-refractivity contribution in [2.45, 2.75) is 32.4 Å². The van der Waals surface area contributed by atoms with Crippen LogP contribution in [0.5, 0.6) is 0 Å². The molecule has 0 aliphatic carbocycles. The Labute approximate surface area is 180 Å². The molecule has 2 atom stereocenters. The van der Waals surface area contributed by atoms with Gasteiger partial charge in [0.2, 0.25) is 23.6 Å². The van der Waals surface area contributed by atoms with Crippen LogP contribution in [0.4, 0.5) is 0 Å². The molecule has 0 aliphatic heterocycles. The number of benzene rings is 1. The first-order valence-electron chi connectivity index (χ1n) is 9.96. The number of aromatic nitrogens is 1. The Kier molecular flexibility index (Phi) is 9.01. The lowest BCUT2D eigenvalue weighted by atomic mass is 10.0. The summed E-state index contributed by atoms with van der Waals surface area (Å²) in [6, 6.07) is 6.79.